The Hall–Kier alpha value is -3.02. The molecule has 9 nitrogen and oxygen atoms in total. The third kappa shape index (κ3) is 5.03. The summed E-state index contributed by atoms with van der Waals surface area (Å²) in [6.45, 7) is 5.22. The summed E-state index contributed by atoms with van der Waals surface area (Å²) in [7, 11) is -0.568. The number of benzene rings is 1. The van der Waals surface area contributed by atoms with Crippen LogP contribution in [0.3, 0.4) is 0 Å². The van der Waals surface area contributed by atoms with Crippen molar-refractivity contribution < 1.29 is 33.0 Å². The molecule has 1 fully saturated rings. The minimum Gasteiger partial charge on any atom is -0.491 e. The number of amides is 1. The molecule has 4 atom stereocenters. The van der Waals surface area contributed by atoms with Crippen molar-refractivity contribution in [2.75, 3.05) is 32.3 Å². The second-order valence-electron chi connectivity index (χ2n) is 10.7. The number of aromatic nitrogens is 1. The number of rotatable bonds is 10. The third-order valence-corrected chi connectivity index (χ3v) is 10.5. The Morgan fingerprint density at radius 1 is 1.21 bits per heavy atom. The minimum atomic E-state index is -3.33. The fourth-order valence-electron chi connectivity index (χ4n) is 6.28. The Morgan fingerprint density at radius 3 is 2.59 bits per heavy atom. The molecule has 0 bridgehead atoms. The summed E-state index contributed by atoms with van der Waals surface area (Å²) in [6.07, 6.45) is 2.53. The summed E-state index contributed by atoms with van der Waals surface area (Å²) < 4.78 is 33.7. The lowest BCUT2D eigenvalue weighted by molar-refractivity contribution is -0.146. The predicted molar refractivity (Wildman–Crippen MR) is 147 cm³/mol. The normalized spacial score (nSPS) is 24.3. The Bertz CT molecular complexity index is 1290. The number of aliphatic hydroxyl groups excluding tert-OH is 1. The van der Waals surface area contributed by atoms with Crippen LogP contribution in [0.5, 0.6) is 5.75 Å². The van der Waals surface area contributed by atoms with Crippen LogP contribution in [0.25, 0.3) is 5.69 Å². The summed E-state index contributed by atoms with van der Waals surface area (Å²) in [4.78, 5) is 40.5. The maximum Gasteiger partial charge on any atom is 0.305 e. The fourth-order valence-corrected chi connectivity index (χ4v) is 8.82. The lowest BCUT2D eigenvalue weighted by Crippen LogP contribution is -2.45. The Labute approximate surface area is 228 Å². The molecule has 39 heavy (non-hydrogen) atoms. The average Bonchev–Trinajstić information content (AvgIpc) is 3.32. The number of ether oxygens (including phenoxy) is 3. The van der Waals surface area contributed by atoms with Gasteiger partial charge < -0.3 is 28.3 Å². The zero-order valence-corrected chi connectivity index (χ0v) is 24.1. The Morgan fingerprint density at radius 2 is 1.95 bits per heavy atom. The van der Waals surface area contributed by atoms with Crippen LogP contribution in [-0.4, -0.2) is 63.4 Å². The van der Waals surface area contributed by atoms with E-state index in [2.05, 4.69) is 0 Å². The number of aliphatic hydroxyl groups is 1. The Kier molecular flexibility index (Phi) is 8.34. The van der Waals surface area contributed by atoms with Gasteiger partial charge in [-0.1, -0.05) is 6.92 Å². The molecular formula is C28H37FN2O7Si. The van der Waals surface area contributed by atoms with Crippen molar-refractivity contribution in [1.82, 2.24) is 4.57 Å². The molecule has 2 aliphatic heterocycles. The first-order valence-corrected chi connectivity index (χ1v) is 16.2. The van der Waals surface area contributed by atoms with Gasteiger partial charge in [-0.2, -0.15) is 0 Å². The fraction of sp³-hybridized carbons (Fsp3) is 0.536. The van der Waals surface area contributed by atoms with Gasteiger partial charge >= 0.3 is 5.97 Å². The molecule has 2 aliphatic rings. The van der Waals surface area contributed by atoms with Crippen LogP contribution in [0, 0.1) is 5.92 Å². The summed E-state index contributed by atoms with van der Waals surface area (Å²) in [6, 6.07) is 8.58. The van der Waals surface area contributed by atoms with Crippen LogP contribution in [0.4, 0.5) is 9.80 Å². The number of carbonyl (C=O) groups is 2. The number of hydrogen-bond donors (Lipinski definition) is 1. The quantitative estimate of drug-likeness (QED) is 0.204. The van der Waals surface area contributed by atoms with Crippen LogP contribution in [-0.2, 0) is 24.7 Å². The van der Waals surface area contributed by atoms with E-state index < -0.39 is 31.6 Å². The van der Waals surface area contributed by atoms with Crippen LogP contribution in [0.2, 0.25) is 18.6 Å². The van der Waals surface area contributed by atoms with E-state index in [0.717, 1.165) is 0 Å². The van der Waals surface area contributed by atoms with Gasteiger partial charge in [-0.3, -0.25) is 19.0 Å². The van der Waals surface area contributed by atoms with Crippen molar-refractivity contribution in [3.05, 3.63) is 52.4 Å². The number of carbonyl (C=O) groups excluding carboxylic acids is 2. The molecule has 1 N–H and O–H groups in total. The van der Waals surface area contributed by atoms with Gasteiger partial charge in [0.05, 0.1) is 26.0 Å². The molecule has 212 valence electrons. The largest absolute Gasteiger partial charge is 0.491 e. The van der Waals surface area contributed by atoms with E-state index >= 15 is 4.11 Å². The lowest BCUT2D eigenvalue weighted by atomic mass is 9.82. The van der Waals surface area contributed by atoms with Crippen molar-refractivity contribution >= 4 is 26.0 Å². The smallest absolute Gasteiger partial charge is 0.305 e. The highest BCUT2D eigenvalue weighted by Crippen LogP contribution is 2.60. The molecule has 0 radical (unpaired) electrons. The van der Waals surface area contributed by atoms with E-state index in [0.29, 0.717) is 36.3 Å². The lowest BCUT2D eigenvalue weighted by Gasteiger charge is -2.31. The van der Waals surface area contributed by atoms with Gasteiger partial charge in [-0.05, 0) is 62.7 Å². The maximum absolute atomic E-state index is 15.7. The molecule has 0 aliphatic carbocycles. The number of pyridine rings is 1. The van der Waals surface area contributed by atoms with Crippen LogP contribution in [0.1, 0.15) is 38.2 Å². The van der Waals surface area contributed by atoms with Crippen LogP contribution >= 0.6 is 0 Å². The van der Waals surface area contributed by atoms with Crippen molar-refractivity contribution in [3.63, 3.8) is 0 Å². The number of hydrogen-bond acceptors (Lipinski definition) is 7. The van der Waals surface area contributed by atoms with E-state index in [1.807, 2.05) is 6.92 Å². The van der Waals surface area contributed by atoms with Crippen LogP contribution in [0.15, 0.2) is 41.3 Å². The van der Waals surface area contributed by atoms with Gasteiger partial charge in [0.1, 0.15) is 0 Å². The molecule has 11 heteroatoms. The van der Waals surface area contributed by atoms with E-state index in [1.165, 1.54) is 18.8 Å². The SMILES string of the molecule is COC(=O)CCCCN1C(=O)[C@@]2(O[C@@H](CCO)[C@H]([Si](C)(C)F)[C@H]2C)c2cc(-n3cccc(OC)c3=O)ccc21. The number of anilines is 1. The number of nitrogens with zero attached hydrogens (tertiary/aromatic N) is 2. The molecule has 1 aromatic carbocycles. The number of halogens is 1. The molecule has 0 unspecified atom stereocenters. The van der Waals surface area contributed by atoms with Crippen molar-refractivity contribution in [3.8, 4) is 11.4 Å². The second kappa shape index (κ2) is 11.2. The van der Waals surface area contributed by atoms with E-state index in [4.69, 9.17) is 14.2 Å². The molecule has 2 aromatic rings. The molecule has 4 rings (SSSR count). The number of esters is 1. The number of methoxy groups -OCH3 is 2. The molecule has 1 spiro atoms. The molecule has 1 amide bonds. The first-order valence-electron chi connectivity index (χ1n) is 13.3. The van der Waals surface area contributed by atoms with Gasteiger partial charge in [-0.25, -0.2) is 0 Å². The highest BCUT2D eigenvalue weighted by molar-refractivity contribution is 6.72. The zero-order valence-electron chi connectivity index (χ0n) is 23.1. The summed E-state index contributed by atoms with van der Waals surface area (Å²) in [5.74, 6) is -0.938. The topological polar surface area (TPSA) is 107 Å². The summed E-state index contributed by atoms with van der Waals surface area (Å²) in [5, 5.41) is 9.75. The van der Waals surface area contributed by atoms with Gasteiger partial charge in [-0.15, -0.1) is 0 Å². The molecule has 0 saturated carbocycles. The van der Waals surface area contributed by atoms with Gasteiger partial charge in [0.2, 0.25) is 8.41 Å². The molecule has 1 aromatic heterocycles. The van der Waals surface area contributed by atoms with Crippen molar-refractivity contribution in [1.29, 1.82) is 0 Å². The van der Waals surface area contributed by atoms with E-state index in [-0.39, 0.29) is 42.6 Å². The van der Waals surface area contributed by atoms with Gasteiger partial charge in [0, 0.05) is 48.5 Å². The van der Waals surface area contributed by atoms with Crippen molar-refractivity contribution in [2.45, 2.75) is 62.9 Å². The molecule has 1 saturated heterocycles. The zero-order chi connectivity index (χ0) is 28.5. The van der Waals surface area contributed by atoms with E-state index in [1.54, 1.807) is 54.5 Å². The highest BCUT2D eigenvalue weighted by Gasteiger charge is 2.66. The average molecular weight is 561 g/mol. The standard InChI is InChI=1S/C28H37FN2O7Si/c1-18-25(39(4,5)29)22(13-16-32)38-28(18)20-17-19(30-15-8-9-23(36-2)26(30)34)11-12-21(20)31(27(28)35)14-7-6-10-24(33)37-3/h8-9,11-12,15,17-18,22,25,32H,6-7,10,13-14,16H2,1-5H3/t18-,22+,25-,28+/m1/s1. The minimum absolute atomic E-state index is 0.176. The highest BCUT2D eigenvalue weighted by atomic mass is 28.4. The summed E-state index contributed by atoms with van der Waals surface area (Å²) >= 11 is 0. The van der Waals surface area contributed by atoms with Gasteiger partial charge in [0.15, 0.2) is 11.4 Å². The predicted octanol–water partition coefficient (Wildman–Crippen LogP) is 3.69. The first-order chi connectivity index (χ1) is 18.5. The first kappa shape index (κ1) is 29.0. The maximum atomic E-state index is 15.7. The number of fused-ring (bicyclic) bond motifs is 2. The van der Waals surface area contributed by atoms with Crippen LogP contribution < -0.4 is 15.2 Å². The third-order valence-electron chi connectivity index (χ3n) is 8.01. The summed E-state index contributed by atoms with van der Waals surface area (Å²) in [5.41, 5.74) is -0.616. The second-order valence-corrected chi connectivity index (χ2v) is 14.5. The monoisotopic (exact) mass is 560 g/mol. The van der Waals surface area contributed by atoms with Crippen molar-refractivity contribution in [2.24, 2.45) is 5.92 Å². The Balaban J connectivity index is 1.82. The molecule has 3 heterocycles. The number of unbranched alkanes of at least 4 members (excludes halogenated alkanes) is 1. The van der Waals surface area contributed by atoms with E-state index in [9.17, 15) is 19.5 Å². The molecular weight excluding hydrogens is 523 g/mol. The van der Waals surface area contributed by atoms with Gasteiger partial charge in [0.25, 0.3) is 11.5 Å².